The van der Waals surface area contributed by atoms with Crippen molar-refractivity contribution in [1.29, 1.82) is 0 Å². The molecule has 9 heteroatoms. The second-order valence-corrected chi connectivity index (χ2v) is 7.95. The molecule has 0 fully saturated rings. The van der Waals surface area contributed by atoms with Crippen LogP contribution in [0, 0.1) is 13.8 Å². The number of halogens is 1. The first-order chi connectivity index (χ1) is 13.4. The Labute approximate surface area is 174 Å². The van der Waals surface area contributed by atoms with Crippen LogP contribution in [0.1, 0.15) is 27.7 Å². The van der Waals surface area contributed by atoms with Gasteiger partial charge in [-0.1, -0.05) is 15.9 Å². The molecule has 1 amide bonds. The Bertz CT molecular complexity index is 1050. The largest absolute Gasteiger partial charge is 0.462 e. The third-order valence-electron chi connectivity index (χ3n) is 4.07. The molecule has 0 saturated carbocycles. The van der Waals surface area contributed by atoms with Gasteiger partial charge in [-0.25, -0.2) is 14.8 Å². The van der Waals surface area contributed by atoms with Crippen LogP contribution in [0.3, 0.4) is 0 Å². The van der Waals surface area contributed by atoms with Crippen LogP contribution in [-0.2, 0) is 9.53 Å². The molecule has 0 saturated heterocycles. The lowest BCUT2D eigenvalue weighted by atomic mass is 10.2. The number of amides is 1. The zero-order valence-corrected chi connectivity index (χ0v) is 18.0. The summed E-state index contributed by atoms with van der Waals surface area (Å²) in [7, 11) is 0. The first kappa shape index (κ1) is 20.2. The van der Waals surface area contributed by atoms with Gasteiger partial charge in [0.15, 0.2) is 0 Å². The molecule has 2 heterocycles. The van der Waals surface area contributed by atoms with E-state index in [4.69, 9.17) is 4.74 Å². The normalized spacial score (nSPS) is 10.7. The Morgan fingerprint density at radius 3 is 2.75 bits per heavy atom. The maximum atomic E-state index is 12.3. The molecular weight excluding hydrogens is 444 g/mol. The molecule has 0 spiro atoms. The lowest BCUT2D eigenvalue weighted by Crippen LogP contribution is -2.22. The van der Waals surface area contributed by atoms with Crippen molar-refractivity contribution in [1.82, 2.24) is 9.97 Å². The molecule has 0 aliphatic heterocycles. The lowest BCUT2D eigenvalue weighted by molar-refractivity contribution is -0.114. The molecule has 0 aliphatic carbocycles. The van der Waals surface area contributed by atoms with Gasteiger partial charge in [0, 0.05) is 10.2 Å². The highest BCUT2D eigenvalue weighted by atomic mass is 79.9. The molecule has 2 N–H and O–H groups in total. The van der Waals surface area contributed by atoms with Gasteiger partial charge in [0.2, 0.25) is 5.91 Å². The van der Waals surface area contributed by atoms with Gasteiger partial charge in [-0.2, -0.15) is 0 Å². The average molecular weight is 463 g/mol. The number of nitrogens with one attached hydrogen (secondary N) is 2. The van der Waals surface area contributed by atoms with E-state index >= 15 is 0 Å². The summed E-state index contributed by atoms with van der Waals surface area (Å²) in [5.41, 5.74) is 2.45. The fourth-order valence-corrected chi connectivity index (χ4v) is 4.24. The van der Waals surface area contributed by atoms with Crippen molar-refractivity contribution in [3.8, 4) is 0 Å². The van der Waals surface area contributed by atoms with E-state index < -0.39 is 0 Å². The Morgan fingerprint density at radius 1 is 1.25 bits per heavy atom. The summed E-state index contributed by atoms with van der Waals surface area (Å²) in [4.78, 5) is 34.1. The van der Waals surface area contributed by atoms with Crippen molar-refractivity contribution in [2.45, 2.75) is 20.8 Å². The summed E-state index contributed by atoms with van der Waals surface area (Å²) in [5.74, 6) is -0.0648. The standard InChI is InChI=1S/C19H19BrN4O3S/c1-4-27-19(26)16-11(3)15-17(22-9-23-18(15)28-16)21-8-14(25)24-13-6-5-12(20)7-10(13)2/h5-7,9H,4,8H2,1-3H3,(H,24,25)(H,21,22,23). The van der Waals surface area contributed by atoms with Gasteiger partial charge in [0.1, 0.15) is 21.9 Å². The topological polar surface area (TPSA) is 93.2 Å². The van der Waals surface area contributed by atoms with Crippen molar-refractivity contribution in [2.24, 2.45) is 0 Å². The Kier molecular flexibility index (Phi) is 6.25. The van der Waals surface area contributed by atoms with Gasteiger partial charge in [-0.15, -0.1) is 11.3 Å². The SMILES string of the molecule is CCOC(=O)c1sc2ncnc(NCC(=O)Nc3ccc(Br)cc3C)c2c1C. The number of benzene rings is 1. The highest BCUT2D eigenvalue weighted by molar-refractivity contribution is 9.10. The van der Waals surface area contributed by atoms with Gasteiger partial charge in [0.25, 0.3) is 0 Å². The Morgan fingerprint density at radius 2 is 2.04 bits per heavy atom. The number of ether oxygens (including phenoxy) is 1. The minimum Gasteiger partial charge on any atom is -0.462 e. The fraction of sp³-hybridized carbons (Fsp3) is 0.263. The van der Waals surface area contributed by atoms with Crippen LogP contribution in [0.2, 0.25) is 0 Å². The number of hydrogen-bond acceptors (Lipinski definition) is 7. The number of fused-ring (bicyclic) bond motifs is 1. The molecule has 0 aliphatic rings. The van der Waals surface area contributed by atoms with E-state index in [-0.39, 0.29) is 18.4 Å². The summed E-state index contributed by atoms with van der Waals surface area (Å²) >= 11 is 4.66. The number of thiophene rings is 1. The molecule has 7 nitrogen and oxygen atoms in total. The van der Waals surface area contributed by atoms with E-state index in [0.717, 1.165) is 26.7 Å². The number of nitrogens with zero attached hydrogens (tertiary/aromatic N) is 2. The van der Waals surface area contributed by atoms with E-state index in [1.807, 2.05) is 32.0 Å². The van der Waals surface area contributed by atoms with Gasteiger partial charge in [0.05, 0.1) is 18.5 Å². The maximum Gasteiger partial charge on any atom is 0.348 e. The van der Waals surface area contributed by atoms with Crippen LogP contribution < -0.4 is 10.6 Å². The molecule has 146 valence electrons. The van der Waals surface area contributed by atoms with E-state index in [2.05, 4.69) is 36.5 Å². The number of aryl methyl sites for hydroxylation is 2. The van der Waals surface area contributed by atoms with E-state index in [0.29, 0.717) is 22.1 Å². The molecule has 3 rings (SSSR count). The molecular formula is C19H19BrN4O3S. The zero-order valence-electron chi connectivity index (χ0n) is 15.6. The summed E-state index contributed by atoms with van der Waals surface area (Å²) in [5, 5.41) is 6.64. The number of aromatic nitrogens is 2. The van der Waals surface area contributed by atoms with Crippen LogP contribution in [0.25, 0.3) is 10.2 Å². The first-order valence-electron chi connectivity index (χ1n) is 8.61. The van der Waals surface area contributed by atoms with E-state index in [1.54, 1.807) is 6.92 Å². The molecule has 0 unspecified atom stereocenters. The number of esters is 1. The molecule has 1 aromatic carbocycles. The molecule has 28 heavy (non-hydrogen) atoms. The van der Waals surface area contributed by atoms with Crippen molar-refractivity contribution in [3.05, 3.63) is 45.0 Å². The predicted molar refractivity (Wildman–Crippen MR) is 114 cm³/mol. The molecule has 2 aromatic heterocycles. The van der Waals surface area contributed by atoms with Crippen molar-refractivity contribution < 1.29 is 14.3 Å². The second-order valence-electron chi connectivity index (χ2n) is 6.04. The monoisotopic (exact) mass is 462 g/mol. The summed E-state index contributed by atoms with van der Waals surface area (Å²) in [6.45, 7) is 5.85. The minimum atomic E-state index is -0.377. The van der Waals surface area contributed by atoms with Crippen molar-refractivity contribution >= 4 is 60.9 Å². The van der Waals surface area contributed by atoms with Gasteiger partial charge < -0.3 is 15.4 Å². The van der Waals surface area contributed by atoms with Gasteiger partial charge in [-0.3, -0.25) is 4.79 Å². The number of anilines is 2. The van der Waals surface area contributed by atoms with Crippen LogP contribution in [-0.4, -0.2) is 35.0 Å². The summed E-state index contributed by atoms with van der Waals surface area (Å²) < 4.78 is 6.05. The molecule has 0 radical (unpaired) electrons. The Balaban J connectivity index is 1.77. The summed E-state index contributed by atoms with van der Waals surface area (Å²) in [6, 6.07) is 5.65. The van der Waals surface area contributed by atoms with Gasteiger partial charge in [-0.05, 0) is 50.1 Å². The number of carbonyl (C=O) groups excluding carboxylic acids is 2. The average Bonchev–Trinajstić information content (AvgIpc) is 3.00. The maximum absolute atomic E-state index is 12.3. The minimum absolute atomic E-state index is 0.0334. The van der Waals surface area contributed by atoms with E-state index in [9.17, 15) is 9.59 Å². The quantitative estimate of drug-likeness (QED) is 0.530. The first-order valence-corrected chi connectivity index (χ1v) is 10.2. The number of hydrogen-bond donors (Lipinski definition) is 2. The summed E-state index contributed by atoms with van der Waals surface area (Å²) in [6.07, 6.45) is 1.41. The molecule has 0 atom stereocenters. The number of carbonyl (C=O) groups is 2. The third kappa shape index (κ3) is 4.31. The second kappa shape index (κ2) is 8.66. The van der Waals surface area contributed by atoms with Gasteiger partial charge >= 0.3 is 5.97 Å². The van der Waals surface area contributed by atoms with Crippen LogP contribution >= 0.6 is 27.3 Å². The van der Waals surface area contributed by atoms with Crippen LogP contribution in [0.15, 0.2) is 29.0 Å². The fourth-order valence-electron chi connectivity index (χ4n) is 2.72. The lowest BCUT2D eigenvalue weighted by Gasteiger charge is -2.10. The molecule has 3 aromatic rings. The van der Waals surface area contributed by atoms with E-state index in [1.165, 1.54) is 17.7 Å². The highest BCUT2D eigenvalue weighted by Crippen LogP contribution is 2.33. The zero-order chi connectivity index (χ0) is 20.3. The molecule has 0 bridgehead atoms. The van der Waals surface area contributed by atoms with Crippen LogP contribution in [0.5, 0.6) is 0 Å². The van der Waals surface area contributed by atoms with Crippen molar-refractivity contribution in [3.63, 3.8) is 0 Å². The highest BCUT2D eigenvalue weighted by Gasteiger charge is 2.20. The third-order valence-corrected chi connectivity index (χ3v) is 5.74. The van der Waals surface area contributed by atoms with Crippen molar-refractivity contribution in [2.75, 3.05) is 23.8 Å². The predicted octanol–water partition coefficient (Wildman–Crippen LogP) is 4.30. The Hall–Kier alpha value is -2.52. The smallest absolute Gasteiger partial charge is 0.348 e. The van der Waals surface area contributed by atoms with Crippen LogP contribution in [0.4, 0.5) is 11.5 Å². The number of rotatable bonds is 6.